The molecule has 0 aromatic heterocycles. The first kappa shape index (κ1) is 16.0. The highest BCUT2D eigenvalue weighted by Crippen LogP contribution is 2.31. The molecule has 1 N–H and O–H groups in total. The van der Waals surface area contributed by atoms with Gasteiger partial charge in [-0.05, 0) is 48.4 Å². The summed E-state index contributed by atoms with van der Waals surface area (Å²) in [5.41, 5.74) is 2.13. The van der Waals surface area contributed by atoms with Gasteiger partial charge in [0, 0.05) is 19.2 Å². The number of fused-ring (bicyclic) bond motifs is 1. The molecular weight excluding hydrogens is 311 g/mol. The smallest absolute Gasteiger partial charge is 0.264 e. The Balaban J connectivity index is 1.60. The summed E-state index contributed by atoms with van der Waals surface area (Å²) < 4.78 is 18.2. The van der Waals surface area contributed by atoms with E-state index in [4.69, 9.17) is 4.74 Å². The van der Waals surface area contributed by atoms with Crippen LogP contribution in [0.15, 0.2) is 42.5 Å². The number of hydrogen-bond donors (Lipinski definition) is 1. The molecule has 0 aliphatic carbocycles. The van der Waals surface area contributed by atoms with E-state index < -0.39 is 0 Å². The number of likely N-dealkylation sites (N-methyl/N-ethyl adjacent to an activating group) is 1. The molecule has 2 amide bonds. The number of benzene rings is 2. The van der Waals surface area contributed by atoms with Gasteiger partial charge in [0.15, 0.2) is 6.61 Å². The summed E-state index contributed by atoms with van der Waals surface area (Å²) in [6.45, 7) is 0.490. The van der Waals surface area contributed by atoms with Gasteiger partial charge in [0.25, 0.3) is 11.8 Å². The number of nitrogens with zero attached hydrogens (tertiary/aromatic N) is 1. The molecule has 2 aromatic rings. The lowest BCUT2D eigenvalue weighted by Crippen LogP contribution is -2.35. The molecule has 24 heavy (non-hydrogen) atoms. The number of anilines is 1. The Kier molecular flexibility index (Phi) is 4.46. The van der Waals surface area contributed by atoms with Crippen molar-refractivity contribution in [1.29, 1.82) is 0 Å². The van der Waals surface area contributed by atoms with Gasteiger partial charge in [0.05, 0.1) is 5.69 Å². The summed E-state index contributed by atoms with van der Waals surface area (Å²) in [5.74, 6) is -0.0365. The highest BCUT2D eigenvalue weighted by Gasteiger charge is 2.22. The number of nitrogens with one attached hydrogen (secondary N) is 1. The minimum Gasteiger partial charge on any atom is -0.482 e. The van der Waals surface area contributed by atoms with E-state index in [2.05, 4.69) is 5.32 Å². The standard InChI is InChI=1S/C18H17FN2O3/c1-21-15-10-12(2-7-16(15)24-11-17(21)22)8-9-20-18(23)13-3-5-14(19)6-4-13/h2-7,10H,8-9,11H2,1H3,(H,20,23). The molecule has 1 aliphatic heterocycles. The SMILES string of the molecule is CN1C(=O)COc2ccc(CCNC(=O)c3ccc(F)cc3)cc21. The van der Waals surface area contributed by atoms with Crippen LogP contribution in [0.25, 0.3) is 0 Å². The van der Waals surface area contributed by atoms with Crippen LogP contribution in [0.5, 0.6) is 5.75 Å². The maximum Gasteiger partial charge on any atom is 0.264 e. The van der Waals surface area contributed by atoms with Gasteiger partial charge in [0.1, 0.15) is 11.6 Å². The van der Waals surface area contributed by atoms with Crippen LogP contribution in [-0.4, -0.2) is 32.0 Å². The zero-order chi connectivity index (χ0) is 17.1. The fourth-order valence-electron chi connectivity index (χ4n) is 2.50. The molecule has 0 saturated carbocycles. The van der Waals surface area contributed by atoms with E-state index in [1.54, 1.807) is 11.9 Å². The molecule has 3 rings (SSSR count). The number of ether oxygens (including phenoxy) is 1. The maximum atomic E-state index is 12.9. The van der Waals surface area contributed by atoms with E-state index in [-0.39, 0.29) is 24.2 Å². The molecule has 0 unspecified atom stereocenters. The summed E-state index contributed by atoms with van der Waals surface area (Å²) >= 11 is 0. The van der Waals surface area contributed by atoms with Gasteiger partial charge in [-0.2, -0.15) is 0 Å². The van der Waals surface area contributed by atoms with Gasteiger partial charge in [-0.3, -0.25) is 9.59 Å². The third-order valence-corrected chi connectivity index (χ3v) is 3.92. The van der Waals surface area contributed by atoms with Gasteiger partial charge in [0.2, 0.25) is 0 Å². The van der Waals surface area contributed by atoms with Crippen LogP contribution in [0, 0.1) is 5.82 Å². The fraction of sp³-hybridized carbons (Fsp3) is 0.222. The number of carbonyl (C=O) groups is 2. The second-order valence-corrected chi connectivity index (χ2v) is 5.56. The maximum absolute atomic E-state index is 12.9. The molecule has 0 bridgehead atoms. The van der Waals surface area contributed by atoms with Crippen molar-refractivity contribution in [3.63, 3.8) is 0 Å². The van der Waals surface area contributed by atoms with Gasteiger partial charge in [-0.15, -0.1) is 0 Å². The van der Waals surface area contributed by atoms with E-state index in [1.165, 1.54) is 24.3 Å². The van der Waals surface area contributed by atoms with E-state index >= 15 is 0 Å². The minimum atomic E-state index is -0.374. The highest BCUT2D eigenvalue weighted by atomic mass is 19.1. The van der Waals surface area contributed by atoms with Crippen LogP contribution in [0.4, 0.5) is 10.1 Å². The average molecular weight is 328 g/mol. The number of halogens is 1. The lowest BCUT2D eigenvalue weighted by atomic mass is 10.1. The van der Waals surface area contributed by atoms with Crippen molar-refractivity contribution in [3.8, 4) is 5.75 Å². The van der Waals surface area contributed by atoms with Crippen molar-refractivity contribution in [1.82, 2.24) is 5.32 Å². The number of hydrogen-bond acceptors (Lipinski definition) is 3. The third kappa shape index (κ3) is 3.37. The molecule has 6 heteroatoms. The first-order valence-electron chi connectivity index (χ1n) is 7.60. The predicted molar refractivity (Wildman–Crippen MR) is 87.8 cm³/mol. The Morgan fingerprint density at radius 1 is 1.25 bits per heavy atom. The van der Waals surface area contributed by atoms with E-state index in [9.17, 15) is 14.0 Å². The van der Waals surface area contributed by atoms with Crippen molar-refractivity contribution in [2.24, 2.45) is 0 Å². The molecule has 2 aromatic carbocycles. The van der Waals surface area contributed by atoms with Crippen LogP contribution < -0.4 is 15.0 Å². The molecule has 0 saturated heterocycles. The largest absolute Gasteiger partial charge is 0.482 e. The molecule has 1 aliphatic rings. The van der Waals surface area contributed by atoms with Gasteiger partial charge >= 0.3 is 0 Å². The molecule has 0 spiro atoms. The van der Waals surface area contributed by atoms with Gasteiger partial charge in [-0.1, -0.05) is 6.07 Å². The monoisotopic (exact) mass is 328 g/mol. The Morgan fingerprint density at radius 2 is 2.00 bits per heavy atom. The number of rotatable bonds is 4. The second kappa shape index (κ2) is 6.70. The molecule has 1 heterocycles. The average Bonchev–Trinajstić information content (AvgIpc) is 2.59. The topological polar surface area (TPSA) is 58.6 Å². The van der Waals surface area contributed by atoms with Crippen LogP contribution in [0.3, 0.4) is 0 Å². The van der Waals surface area contributed by atoms with E-state index in [0.29, 0.717) is 24.3 Å². The predicted octanol–water partition coefficient (Wildman–Crippen LogP) is 2.15. The van der Waals surface area contributed by atoms with Crippen LogP contribution in [0.2, 0.25) is 0 Å². The van der Waals surface area contributed by atoms with Gasteiger partial charge < -0.3 is 15.0 Å². The quantitative estimate of drug-likeness (QED) is 0.936. The summed E-state index contributed by atoms with van der Waals surface area (Å²) in [6, 6.07) is 11.0. The molecule has 5 nitrogen and oxygen atoms in total. The Morgan fingerprint density at radius 3 is 2.75 bits per heavy atom. The second-order valence-electron chi connectivity index (χ2n) is 5.56. The molecular formula is C18H17FN2O3. The molecule has 124 valence electrons. The summed E-state index contributed by atoms with van der Waals surface area (Å²) in [7, 11) is 1.71. The molecule has 0 radical (unpaired) electrons. The lowest BCUT2D eigenvalue weighted by Gasteiger charge is -2.26. The summed E-state index contributed by atoms with van der Waals surface area (Å²) in [5, 5.41) is 2.79. The van der Waals surface area contributed by atoms with Crippen LogP contribution >= 0.6 is 0 Å². The Hall–Kier alpha value is -2.89. The first-order valence-corrected chi connectivity index (χ1v) is 7.60. The zero-order valence-electron chi connectivity index (χ0n) is 13.2. The van der Waals surface area contributed by atoms with Crippen LogP contribution in [0.1, 0.15) is 15.9 Å². The van der Waals surface area contributed by atoms with Crippen molar-refractivity contribution in [2.75, 3.05) is 25.1 Å². The Bertz CT molecular complexity index is 774. The lowest BCUT2D eigenvalue weighted by molar-refractivity contribution is -0.120. The Labute approximate surface area is 139 Å². The van der Waals surface area contributed by atoms with Crippen LogP contribution in [-0.2, 0) is 11.2 Å². The zero-order valence-corrected chi connectivity index (χ0v) is 13.2. The number of amides is 2. The van der Waals surface area contributed by atoms with Crippen molar-refractivity contribution in [3.05, 3.63) is 59.4 Å². The third-order valence-electron chi connectivity index (χ3n) is 3.92. The summed E-state index contributed by atoms with van der Waals surface area (Å²) in [6.07, 6.45) is 0.613. The molecule has 0 fully saturated rings. The first-order chi connectivity index (χ1) is 11.5. The van der Waals surface area contributed by atoms with E-state index in [0.717, 1.165) is 11.3 Å². The fourth-order valence-corrected chi connectivity index (χ4v) is 2.50. The normalized spacial score (nSPS) is 13.2. The van der Waals surface area contributed by atoms with Gasteiger partial charge in [-0.25, -0.2) is 4.39 Å². The highest BCUT2D eigenvalue weighted by molar-refractivity contribution is 5.97. The number of carbonyl (C=O) groups excluding carboxylic acids is 2. The van der Waals surface area contributed by atoms with Crippen molar-refractivity contribution >= 4 is 17.5 Å². The summed E-state index contributed by atoms with van der Waals surface area (Å²) in [4.78, 5) is 25.2. The van der Waals surface area contributed by atoms with Crippen molar-refractivity contribution < 1.29 is 18.7 Å². The van der Waals surface area contributed by atoms with E-state index in [1.807, 2.05) is 18.2 Å². The van der Waals surface area contributed by atoms with Crippen molar-refractivity contribution in [2.45, 2.75) is 6.42 Å². The molecule has 0 atom stereocenters. The minimum absolute atomic E-state index is 0.0522.